The van der Waals surface area contributed by atoms with E-state index >= 15 is 0 Å². The van der Waals surface area contributed by atoms with Crippen molar-refractivity contribution in [2.45, 2.75) is 25.7 Å². The Morgan fingerprint density at radius 1 is 1.36 bits per heavy atom. The molecule has 0 aliphatic carbocycles. The van der Waals surface area contributed by atoms with Crippen molar-refractivity contribution in [1.29, 1.82) is 0 Å². The predicted octanol–water partition coefficient (Wildman–Crippen LogP) is 2.47. The van der Waals surface area contributed by atoms with Gasteiger partial charge in [0.1, 0.15) is 0 Å². The molecule has 2 atom stereocenters. The maximum absolute atomic E-state index is 12.1. The number of aromatic nitrogens is 2. The molecule has 2 amide bonds. The van der Waals surface area contributed by atoms with Gasteiger partial charge >= 0.3 is 12.0 Å². The summed E-state index contributed by atoms with van der Waals surface area (Å²) in [4.78, 5) is 24.0. The topological polar surface area (TPSA) is 105 Å². The normalized spacial score (nSPS) is 12.9. The number of nitrogens with zero attached hydrogens (tertiary/aromatic N) is 1. The molecule has 1 heterocycles. The molecule has 1 aromatic heterocycles. The van der Waals surface area contributed by atoms with Gasteiger partial charge in [-0.05, 0) is 24.7 Å². The second-order valence-electron chi connectivity index (χ2n) is 5.02. The molecule has 0 bridgehead atoms. The number of hydrogen-bond donors (Lipinski definition) is 3. The van der Waals surface area contributed by atoms with Crippen LogP contribution in [0.5, 0.6) is 0 Å². The number of anilines is 1. The number of methoxy groups -OCH3 is 1. The van der Waals surface area contributed by atoms with Crippen LogP contribution in [0.4, 0.5) is 9.93 Å². The largest absolute Gasteiger partial charge is 0.467 e. The zero-order valence-corrected chi connectivity index (χ0v) is 15.3. The molecule has 3 N–H and O–H groups in total. The Morgan fingerprint density at radius 2 is 2.08 bits per heavy atom. The molecule has 0 saturated heterocycles. The van der Waals surface area contributed by atoms with Crippen molar-refractivity contribution in [2.75, 3.05) is 12.4 Å². The maximum Gasteiger partial charge on any atom is 0.331 e. The zero-order chi connectivity index (χ0) is 18.2. The lowest BCUT2D eigenvalue weighted by Gasteiger charge is -2.23. The Balaban J connectivity index is 1.95. The van der Waals surface area contributed by atoms with Gasteiger partial charge in [-0.2, -0.15) is 0 Å². The third kappa shape index (κ3) is 5.93. The molecule has 10 heteroatoms. The highest BCUT2D eigenvalue weighted by Crippen LogP contribution is 2.11. The minimum absolute atomic E-state index is 0.295. The molecule has 25 heavy (non-hydrogen) atoms. The summed E-state index contributed by atoms with van der Waals surface area (Å²) in [6.45, 7) is 1.99. The van der Waals surface area contributed by atoms with Gasteiger partial charge in [-0.1, -0.05) is 41.7 Å². The fraction of sp³-hybridized carbons (Fsp3) is 0.333. The monoisotopic (exact) mass is 382 g/mol. The van der Waals surface area contributed by atoms with E-state index in [1.165, 1.54) is 7.11 Å². The van der Waals surface area contributed by atoms with Gasteiger partial charge in [0.25, 0.3) is 0 Å². The lowest BCUT2D eigenvalue weighted by molar-refractivity contribution is -0.147. The molecule has 0 saturated carbocycles. The van der Waals surface area contributed by atoms with E-state index in [0.717, 1.165) is 16.9 Å². The van der Waals surface area contributed by atoms with Crippen molar-refractivity contribution in [1.82, 2.24) is 15.5 Å². The number of carbonyl (C=O) groups is 2. The molecule has 1 aromatic carbocycles. The standard InChI is InChI=1S/C15H18N4O4S2/c1-9(23-8-10-6-4-3-5-7-10)11(12(20)22-2)16-13(21)17-14-18-19-15(24)25-14/h3-7,9,11H,8H2,1-2H3,(H,19,24)(H2,16,17,18,21)/t9?,11-/m0/s1. The Kier molecular flexibility index (Phi) is 7.04. The number of carbonyl (C=O) groups excluding carboxylic acids is 2. The van der Waals surface area contributed by atoms with Crippen LogP contribution in [0.3, 0.4) is 0 Å². The first-order valence-electron chi connectivity index (χ1n) is 7.36. The molecule has 0 aliphatic heterocycles. The number of rotatable bonds is 7. The first-order valence-corrected chi connectivity index (χ1v) is 8.58. The molecule has 0 radical (unpaired) electrons. The number of urea groups is 1. The summed E-state index contributed by atoms with van der Waals surface area (Å²) in [6.07, 6.45) is -0.601. The molecule has 2 rings (SSSR count). The molecule has 0 fully saturated rings. The van der Waals surface area contributed by atoms with Crippen LogP contribution in [0.25, 0.3) is 0 Å². The third-order valence-electron chi connectivity index (χ3n) is 3.23. The fourth-order valence-electron chi connectivity index (χ4n) is 1.95. The number of hydrogen-bond acceptors (Lipinski definition) is 7. The minimum atomic E-state index is -0.972. The van der Waals surface area contributed by atoms with Gasteiger partial charge in [0.05, 0.1) is 19.8 Å². The summed E-state index contributed by atoms with van der Waals surface area (Å²) >= 11 is 5.99. The van der Waals surface area contributed by atoms with E-state index in [2.05, 4.69) is 20.8 Å². The van der Waals surface area contributed by atoms with Gasteiger partial charge in [-0.25, -0.2) is 9.59 Å². The number of nitrogens with one attached hydrogen (secondary N) is 3. The first-order chi connectivity index (χ1) is 12.0. The Morgan fingerprint density at radius 3 is 2.68 bits per heavy atom. The Bertz CT molecular complexity index is 762. The highest BCUT2D eigenvalue weighted by Gasteiger charge is 2.29. The van der Waals surface area contributed by atoms with Gasteiger partial charge in [0, 0.05) is 0 Å². The third-order valence-corrected chi connectivity index (χ3v) is 4.23. The lowest BCUT2D eigenvalue weighted by Crippen LogP contribution is -2.50. The molecule has 8 nitrogen and oxygen atoms in total. The summed E-state index contributed by atoms with van der Waals surface area (Å²) in [5, 5.41) is 11.7. The van der Waals surface area contributed by atoms with Crippen LogP contribution >= 0.6 is 23.6 Å². The van der Waals surface area contributed by atoms with Gasteiger partial charge in [0.15, 0.2) is 10.00 Å². The molecule has 0 spiro atoms. The highest BCUT2D eigenvalue weighted by molar-refractivity contribution is 7.73. The van der Waals surface area contributed by atoms with Gasteiger partial charge in [-0.3, -0.25) is 10.4 Å². The van der Waals surface area contributed by atoms with Gasteiger partial charge < -0.3 is 14.8 Å². The summed E-state index contributed by atoms with van der Waals surface area (Å²) in [7, 11) is 1.25. The molecule has 1 unspecified atom stereocenters. The summed E-state index contributed by atoms with van der Waals surface area (Å²) in [5.41, 5.74) is 0.957. The average Bonchev–Trinajstić information content (AvgIpc) is 3.02. The van der Waals surface area contributed by atoms with Crippen LogP contribution in [0.2, 0.25) is 0 Å². The SMILES string of the molecule is COC(=O)[C@@H](NC(=O)Nc1n[nH]c(=S)s1)C(C)OCc1ccccc1. The number of benzene rings is 1. The average molecular weight is 382 g/mol. The number of H-pyrrole nitrogens is 1. The highest BCUT2D eigenvalue weighted by atomic mass is 32.1. The van der Waals surface area contributed by atoms with Crippen LogP contribution in [-0.4, -0.2) is 41.5 Å². The van der Waals surface area contributed by atoms with Crippen LogP contribution in [0.1, 0.15) is 12.5 Å². The first kappa shape index (κ1) is 19.0. The van der Waals surface area contributed by atoms with E-state index in [-0.39, 0.29) is 0 Å². The van der Waals surface area contributed by atoms with Crippen LogP contribution in [0, 0.1) is 3.95 Å². The minimum Gasteiger partial charge on any atom is -0.467 e. The van der Waals surface area contributed by atoms with E-state index in [9.17, 15) is 9.59 Å². The van der Waals surface area contributed by atoms with E-state index in [0.29, 0.717) is 15.7 Å². The van der Waals surface area contributed by atoms with E-state index < -0.39 is 24.1 Å². The van der Waals surface area contributed by atoms with Crippen molar-refractivity contribution in [3.05, 3.63) is 39.8 Å². The Labute approximate surface area is 153 Å². The fourth-order valence-corrected chi connectivity index (χ4v) is 2.74. The van der Waals surface area contributed by atoms with Gasteiger partial charge in [-0.15, -0.1) is 5.10 Å². The quantitative estimate of drug-likeness (QED) is 0.502. The molecule has 0 aliphatic rings. The molecular formula is C15H18N4O4S2. The summed E-state index contributed by atoms with van der Waals surface area (Å²) < 4.78 is 10.9. The number of aromatic amines is 1. The Hall–Kier alpha value is -2.30. The van der Waals surface area contributed by atoms with E-state index in [1.54, 1.807) is 6.92 Å². The van der Waals surface area contributed by atoms with Crippen molar-refractivity contribution in [3.63, 3.8) is 0 Å². The number of esters is 1. The van der Waals surface area contributed by atoms with E-state index in [4.69, 9.17) is 21.7 Å². The number of ether oxygens (including phenoxy) is 2. The van der Waals surface area contributed by atoms with Crippen LogP contribution < -0.4 is 10.6 Å². The number of amides is 2. The summed E-state index contributed by atoms with van der Waals surface area (Å²) in [6, 6.07) is 7.93. The smallest absolute Gasteiger partial charge is 0.331 e. The predicted molar refractivity (Wildman–Crippen MR) is 96.0 cm³/mol. The van der Waals surface area contributed by atoms with Gasteiger partial charge in [0.2, 0.25) is 5.13 Å². The summed E-state index contributed by atoms with van der Waals surface area (Å²) in [5.74, 6) is -0.606. The molecule has 2 aromatic rings. The second-order valence-corrected chi connectivity index (χ2v) is 6.69. The molecular weight excluding hydrogens is 364 g/mol. The van der Waals surface area contributed by atoms with Crippen molar-refractivity contribution >= 4 is 40.7 Å². The van der Waals surface area contributed by atoms with Crippen LogP contribution in [-0.2, 0) is 20.9 Å². The van der Waals surface area contributed by atoms with E-state index in [1.807, 2.05) is 30.3 Å². The second kappa shape index (κ2) is 9.25. The zero-order valence-electron chi connectivity index (χ0n) is 13.6. The van der Waals surface area contributed by atoms with Crippen LogP contribution in [0.15, 0.2) is 30.3 Å². The van der Waals surface area contributed by atoms with Crippen molar-refractivity contribution in [3.8, 4) is 0 Å². The van der Waals surface area contributed by atoms with Crippen molar-refractivity contribution < 1.29 is 19.1 Å². The lowest BCUT2D eigenvalue weighted by atomic mass is 10.2. The maximum atomic E-state index is 12.1. The molecule has 134 valence electrons. The van der Waals surface area contributed by atoms with Crippen molar-refractivity contribution in [2.24, 2.45) is 0 Å².